The number of thioether (sulfide) groups is 1. The van der Waals surface area contributed by atoms with Crippen molar-refractivity contribution in [1.82, 2.24) is 0 Å². The van der Waals surface area contributed by atoms with Gasteiger partial charge in [0.05, 0.1) is 30.4 Å². The summed E-state index contributed by atoms with van der Waals surface area (Å²) in [5, 5.41) is 5.64. The number of aryl methyl sites for hydroxylation is 1. The highest BCUT2D eigenvalue weighted by molar-refractivity contribution is 8.00. The number of rotatable bonds is 10. The first-order valence-electron chi connectivity index (χ1n) is 9.15. The number of carbonyl (C=O) groups excluding carboxylic acids is 2. The second-order valence-corrected chi connectivity index (χ2v) is 6.96. The molecule has 28 heavy (non-hydrogen) atoms. The lowest BCUT2D eigenvalue weighted by molar-refractivity contribution is -0.114. The maximum absolute atomic E-state index is 12.3. The molecule has 0 unspecified atom stereocenters. The van der Waals surface area contributed by atoms with Gasteiger partial charge in [-0.1, -0.05) is 17.7 Å². The predicted molar refractivity (Wildman–Crippen MR) is 115 cm³/mol. The normalized spacial score (nSPS) is 10.2. The fourth-order valence-electron chi connectivity index (χ4n) is 2.40. The molecule has 0 atom stereocenters. The molecule has 6 nitrogen and oxygen atoms in total. The van der Waals surface area contributed by atoms with Gasteiger partial charge in [-0.25, -0.2) is 0 Å². The Hall–Kier alpha value is -2.67. The Morgan fingerprint density at radius 2 is 1.54 bits per heavy atom. The van der Waals surface area contributed by atoms with Gasteiger partial charge in [0, 0.05) is 11.8 Å². The van der Waals surface area contributed by atoms with E-state index in [-0.39, 0.29) is 23.3 Å². The van der Waals surface area contributed by atoms with Gasteiger partial charge in [0.15, 0.2) is 0 Å². The van der Waals surface area contributed by atoms with E-state index in [0.717, 1.165) is 11.3 Å². The van der Waals surface area contributed by atoms with E-state index in [1.165, 1.54) is 11.8 Å². The number of hydrogen-bond donors (Lipinski definition) is 2. The third-order valence-corrected chi connectivity index (χ3v) is 4.57. The van der Waals surface area contributed by atoms with Crippen molar-refractivity contribution in [2.75, 3.05) is 35.4 Å². The lowest BCUT2D eigenvalue weighted by Gasteiger charge is -2.13. The van der Waals surface area contributed by atoms with Gasteiger partial charge in [-0.15, -0.1) is 11.8 Å². The standard InChI is InChI=1S/C21H26N2O4S/c1-4-26-17-10-11-19(27-5-2)18(12-17)23-21(25)14-28-13-20(24)22-16-8-6-15(3)7-9-16/h6-12H,4-5,13-14H2,1-3H3,(H,22,24)(H,23,25). The summed E-state index contributed by atoms with van der Waals surface area (Å²) in [6.07, 6.45) is 0. The summed E-state index contributed by atoms with van der Waals surface area (Å²) in [5.74, 6) is 1.25. The minimum Gasteiger partial charge on any atom is -0.494 e. The van der Waals surface area contributed by atoms with E-state index in [0.29, 0.717) is 30.4 Å². The smallest absolute Gasteiger partial charge is 0.234 e. The second-order valence-electron chi connectivity index (χ2n) is 5.98. The first-order chi connectivity index (χ1) is 13.5. The van der Waals surface area contributed by atoms with Crippen molar-refractivity contribution in [2.45, 2.75) is 20.8 Å². The SMILES string of the molecule is CCOc1ccc(OCC)c(NC(=O)CSCC(=O)Nc2ccc(C)cc2)c1. The molecular weight excluding hydrogens is 376 g/mol. The first-order valence-corrected chi connectivity index (χ1v) is 10.3. The molecule has 0 saturated heterocycles. The van der Waals surface area contributed by atoms with Gasteiger partial charge in [-0.05, 0) is 45.0 Å². The molecule has 0 aliphatic rings. The van der Waals surface area contributed by atoms with Gasteiger partial charge in [-0.3, -0.25) is 9.59 Å². The van der Waals surface area contributed by atoms with E-state index < -0.39 is 0 Å². The van der Waals surface area contributed by atoms with E-state index in [1.807, 2.05) is 45.0 Å². The summed E-state index contributed by atoms with van der Waals surface area (Å²) in [6, 6.07) is 12.9. The topological polar surface area (TPSA) is 76.7 Å². The molecule has 2 amide bonds. The molecule has 0 radical (unpaired) electrons. The molecule has 2 aromatic rings. The average molecular weight is 403 g/mol. The first kappa shape index (κ1) is 21.6. The molecule has 0 bridgehead atoms. The molecule has 150 valence electrons. The summed E-state index contributed by atoms with van der Waals surface area (Å²) >= 11 is 1.25. The minimum atomic E-state index is -0.206. The van der Waals surface area contributed by atoms with Crippen molar-refractivity contribution in [3.63, 3.8) is 0 Å². The summed E-state index contributed by atoms with van der Waals surface area (Å²) < 4.78 is 11.0. The van der Waals surface area contributed by atoms with Crippen molar-refractivity contribution in [1.29, 1.82) is 0 Å². The Bertz CT molecular complexity index is 793. The number of nitrogens with one attached hydrogen (secondary N) is 2. The van der Waals surface area contributed by atoms with Crippen LogP contribution < -0.4 is 20.1 Å². The second kappa shape index (κ2) is 11.2. The zero-order valence-corrected chi connectivity index (χ0v) is 17.2. The summed E-state index contributed by atoms with van der Waals surface area (Å²) in [4.78, 5) is 24.2. The van der Waals surface area contributed by atoms with Crippen molar-refractivity contribution in [2.24, 2.45) is 0 Å². The molecule has 0 fully saturated rings. The summed E-state index contributed by atoms with van der Waals surface area (Å²) in [5.41, 5.74) is 2.43. The molecule has 2 rings (SSSR count). The number of amides is 2. The van der Waals surface area contributed by atoms with Crippen LogP contribution in [0.1, 0.15) is 19.4 Å². The molecule has 0 spiro atoms. The number of anilines is 2. The van der Waals surface area contributed by atoms with E-state index in [2.05, 4.69) is 10.6 Å². The molecule has 2 aromatic carbocycles. The van der Waals surface area contributed by atoms with Crippen LogP contribution in [0.4, 0.5) is 11.4 Å². The zero-order chi connectivity index (χ0) is 20.4. The number of ether oxygens (including phenoxy) is 2. The number of benzene rings is 2. The lowest BCUT2D eigenvalue weighted by atomic mass is 10.2. The van der Waals surface area contributed by atoms with Crippen molar-refractivity contribution < 1.29 is 19.1 Å². The highest BCUT2D eigenvalue weighted by Crippen LogP contribution is 2.29. The van der Waals surface area contributed by atoms with E-state index >= 15 is 0 Å². The van der Waals surface area contributed by atoms with E-state index in [1.54, 1.807) is 18.2 Å². The largest absolute Gasteiger partial charge is 0.494 e. The molecule has 0 heterocycles. The van der Waals surface area contributed by atoms with Gasteiger partial charge in [-0.2, -0.15) is 0 Å². The van der Waals surface area contributed by atoms with Crippen LogP contribution in [0.5, 0.6) is 11.5 Å². The highest BCUT2D eigenvalue weighted by atomic mass is 32.2. The molecule has 2 N–H and O–H groups in total. The molecule has 0 aliphatic heterocycles. The Morgan fingerprint density at radius 1 is 0.893 bits per heavy atom. The Balaban J connectivity index is 1.83. The Kier molecular flexibility index (Phi) is 8.68. The van der Waals surface area contributed by atoms with Gasteiger partial charge >= 0.3 is 0 Å². The van der Waals surface area contributed by atoms with Crippen LogP contribution in [0.3, 0.4) is 0 Å². The minimum absolute atomic E-state index is 0.144. The fraction of sp³-hybridized carbons (Fsp3) is 0.333. The lowest BCUT2D eigenvalue weighted by Crippen LogP contribution is -2.19. The molecule has 7 heteroatoms. The van der Waals surface area contributed by atoms with Crippen LogP contribution in [-0.2, 0) is 9.59 Å². The fourth-order valence-corrected chi connectivity index (χ4v) is 3.02. The third-order valence-electron chi connectivity index (χ3n) is 3.64. The van der Waals surface area contributed by atoms with Crippen LogP contribution in [-0.4, -0.2) is 36.5 Å². The van der Waals surface area contributed by atoms with Crippen LogP contribution >= 0.6 is 11.8 Å². The van der Waals surface area contributed by atoms with Crippen LogP contribution in [0.25, 0.3) is 0 Å². The molecule has 0 aromatic heterocycles. The van der Waals surface area contributed by atoms with Crippen LogP contribution in [0.15, 0.2) is 42.5 Å². The maximum atomic E-state index is 12.3. The van der Waals surface area contributed by atoms with Crippen molar-refractivity contribution in [3.05, 3.63) is 48.0 Å². The number of hydrogen-bond acceptors (Lipinski definition) is 5. The molecule has 0 aliphatic carbocycles. The number of carbonyl (C=O) groups is 2. The highest BCUT2D eigenvalue weighted by Gasteiger charge is 2.11. The van der Waals surface area contributed by atoms with E-state index in [9.17, 15) is 9.59 Å². The molecule has 0 saturated carbocycles. The predicted octanol–water partition coefficient (Wildman–Crippen LogP) is 4.10. The summed E-state index contributed by atoms with van der Waals surface area (Å²) in [6.45, 7) is 6.79. The maximum Gasteiger partial charge on any atom is 0.234 e. The Labute approximate surface area is 170 Å². The van der Waals surface area contributed by atoms with Gasteiger partial charge < -0.3 is 20.1 Å². The Morgan fingerprint density at radius 3 is 2.18 bits per heavy atom. The monoisotopic (exact) mass is 402 g/mol. The van der Waals surface area contributed by atoms with Gasteiger partial charge in [0.2, 0.25) is 11.8 Å². The zero-order valence-electron chi connectivity index (χ0n) is 16.4. The van der Waals surface area contributed by atoms with Crippen molar-refractivity contribution in [3.8, 4) is 11.5 Å². The summed E-state index contributed by atoms with van der Waals surface area (Å²) in [7, 11) is 0. The van der Waals surface area contributed by atoms with Gasteiger partial charge in [0.25, 0.3) is 0 Å². The van der Waals surface area contributed by atoms with Crippen LogP contribution in [0, 0.1) is 6.92 Å². The average Bonchev–Trinajstić information content (AvgIpc) is 2.66. The van der Waals surface area contributed by atoms with E-state index in [4.69, 9.17) is 9.47 Å². The molecular formula is C21H26N2O4S. The van der Waals surface area contributed by atoms with Gasteiger partial charge in [0.1, 0.15) is 11.5 Å². The van der Waals surface area contributed by atoms with Crippen LogP contribution in [0.2, 0.25) is 0 Å². The van der Waals surface area contributed by atoms with Crippen molar-refractivity contribution >= 4 is 35.0 Å². The quantitative estimate of drug-likeness (QED) is 0.626. The third kappa shape index (κ3) is 7.15.